The molecular formula is C21H20N4O2S. The second-order valence-electron chi connectivity index (χ2n) is 6.24. The van der Waals surface area contributed by atoms with Gasteiger partial charge in [-0.25, -0.2) is 4.98 Å². The van der Waals surface area contributed by atoms with E-state index in [-0.39, 0.29) is 5.91 Å². The minimum absolute atomic E-state index is 0.116. The second kappa shape index (κ2) is 7.82. The number of methoxy groups -OCH3 is 1. The molecule has 0 unspecified atom stereocenters. The summed E-state index contributed by atoms with van der Waals surface area (Å²) in [5.74, 6) is 0.655. The van der Waals surface area contributed by atoms with Crippen molar-refractivity contribution in [1.29, 1.82) is 0 Å². The van der Waals surface area contributed by atoms with E-state index in [1.807, 2.05) is 55.5 Å². The molecule has 0 aliphatic heterocycles. The highest BCUT2D eigenvalue weighted by atomic mass is 32.1. The maximum absolute atomic E-state index is 13.4. The Hall–Kier alpha value is -3.19. The molecule has 0 bridgehead atoms. The number of thiazole rings is 1. The van der Waals surface area contributed by atoms with Crippen molar-refractivity contribution in [3.63, 3.8) is 0 Å². The molecule has 0 aliphatic carbocycles. The Morgan fingerprint density at radius 1 is 1.18 bits per heavy atom. The van der Waals surface area contributed by atoms with Crippen LogP contribution in [0.3, 0.4) is 0 Å². The summed E-state index contributed by atoms with van der Waals surface area (Å²) in [4.78, 5) is 19.8. The quantitative estimate of drug-likeness (QED) is 0.489. The molecule has 4 rings (SSSR count). The van der Waals surface area contributed by atoms with Gasteiger partial charge in [-0.3, -0.25) is 14.4 Å². The zero-order valence-electron chi connectivity index (χ0n) is 15.7. The van der Waals surface area contributed by atoms with Gasteiger partial charge < -0.3 is 4.74 Å². The molecule has 6 nitrogen and oxygen atoms in total. The van der Waals surface area contributed by atoms with Gasteiger partial charge in [-0.05, 0) is 36.8 Å². The number of amides is 1. The number of benzene rings is 2. The highest BCUT2D eigenvalue weighted by Gasteiger charge is 2.24. The zero-order chi connectivity index (χ0) is 19.5. The van der Waals surface area contributed by atoms with E-state index < -0.39 is 0 Å². The van der Waals surface area contributed by atoms with Crippen LogP contribution in [-0.2, 0) is 13.1 Å². The van der Waals surface area contributed by atoms with E-state index in [4.69, 9.17) is 9.72 Å². The molecular weight excluding hydrogens is 372 g/mol. The average Bonchev–Trinajstić information content (AvgIpc) is 3.38. The van der Waals surface area contributed by atoms with E-state index in [0.717, 1.165) is 21.5 Å². The zero-order valence-corrected chi connectivity index (χ0v) is 16.5. The van der Waals surface area contributed by atoms with Gasteiger partial charge in [0.25, 0.3) is 5.91 Å². The predicted octanol–water partition coefficient (Wildman–Crippen LogP) is 4.37. The Bertz CT molecular complexity index is 1100. The van der Waals surface area contributed by atoms with Crippen LogP contribution >= 0.6 is 11.3 Å². The molecule has 4 aromatic rings. The maximum atomic E-state index is 13.4. The average molecular weight is 392 g/mol. The molecule has 0 fully saturated rings. The molecule has 0 saturated carbocycles. The third-order valence-corrected chi connectivity index (χ3v) is 5.52. The second-order valence-corrected chi connectivity index (χ2v) is 7.25. The number of ether oxygens (including phenoxy) is 1. The summed E-state index contributed by atoms with van der Waals surface area (Å²) in [6, 6.07) is 17.4. The van der Waals surface area contributed by atoms with Gasteiger partial charge in [-0.15, -0.1) is 0 Å². The molecule has 142 valence electrons. The molecule has 1 amide bonds. The van der Waals surface area contributed by atoms with Gasteiger partial charge in [-0.2, -0.15) is 5.10 Å². The van der Waals surface area contributed by atoms with Crippen LogP contribution in [0.1, 0.15) is 23.0 Å². The van der Waals surface area contributed by atoms with E-state index in [1.165, 1.54) is 11.3 Å². The summed E-state index contributed by atoms with van der Waals surface area (Å²) in [6.07, 6.45) is 1.65. The molecule has 28 heavy (non-hydrogen) atoms. The van der Waals surface area contributed by atoms with Crippen molar-refractivity contribution in [3.8, 4) is 5.75 Å². The summed E-state index contributed by atoms with van der Waals surface area (Å²) in [5.41, 5.74) is 2.43. The first kappa shape index (κ1) is 18.2. The molecule has 0 atom stereocenters. The first-order valence-electron chi connectivity index (χ1n) is 9.01. The summed E-state index contributed by atoms with van der Waals surface area (Å²) < 4.78 is 7.99. The monoisotopic (exact) mass is 392 g/mol. The van der Waals surface area contributed by atoms with Gasteiger partial charge in [0.05, 0.1) is 23.9 Å². The standard InChI is InChI=1S/C21H20N4O2S/c1-3-25-18(11-12-22-25)20(26)24(14-15-7-5-4-6-8-15)21-23-17-10-9-16(27-2)13-19(17)28-21/h4-13H,3,14H2,1-2H3. The van der Waals surface area contributed by atoms with Crippen molar-refractivity contribution in [2.45, 2.75) is 20.0 Å². The minimum Gasteiger partial charge on any atom is -0.497 e. The van der Waals surface area contributed by atoms with Crippen LogP contribution in [-0.4, -0.2) is 27.8 Å². The molecule has 0 aliphatic rings. The molecule has 0 saturated heterocycles. The first-order chi connectivity index (χ1) is 13.7. The number of nitrogens with zero attached hydrogens (tertiary/aromatic N) is 4. The number of carbonyl (C=O) groups excluding carboxylic acids is 1. The number of hydrogen-bond acceptors (Lipinski definition) is 5. The van der Waals surface area contributed by atoms with Crippen molar-refractivity contribution in [3.05, 3.63) is 72.1 Å². The maximum Gasteiger partial charge on any atom is 0.278 e. The Labute approximate surface area is 167 Å². The topological polar surface area (TPSA) is 60.2 Å². The number of hydrogen-bond donors (Lipinski definition) is 0. The van der Waals surface area contributed by atoms with Crippen molar-refractivity contribution >= 4 is 32.6 Å². The summed E-state index contributed by atoms with van der Waals surface area (Å²) in [6.45, 7) is 3.03. The molecule has 2 aromatic carbocycles. The summed E-state index contributed by atoms with van der Waals surface area (Å²) >= 11 is 1.48. The van der Waals surface area contributed by atoms with Crippen LogP contribution in [0.5, 0.6) is 5.75 Å². The number of aromatic nitrogens is 3. The Morgan fingerprint density at radius 3 is 2.75 bits per heavy atom. The number of carbonyl (C=O) groups is 1. The van der Waals surface area contributed by atoms with E-state index >= 15 is 0 Å². The van der Waals surface area contributed by atoms with Crippen molar-refractivity contribution in [2.24, 2.45) is 0 Å². The van der Waals surface area contributed by atoms with Gasteiger partial charge in [0.1, 0.15) is 11.4 Å². The van der Waals surface area contributed by atoms with Crippen LogP contribution in [0.2, 0.25) is 0 Å². The van der Waals surface area contributed by atoms with E-state index in [0.29, 0.717) is 23.9 Å². The third kappa shape index (κ3) is 3.48. The van der Waals surface area contributed by atoms with Gasteiger partial charge in [0.2, 0.25) is 0 Å². The number of aryl methyl sites for hydroxylation is 1. The number of rotatable bonds is 6. The minimum atomic E-state index is -0.116. The lowest BCUT2D eigenvalue weighted by Crippen LogP contribution is -2.32. The first-order valence-corrected chi connectivity index (χ1v) is 9.83. The lowest BCUT2D eigenvalue weighted by molar-refractivity contribution is 0.0975. The van der Waals surface area contributed by atoms with Crippen LogP contribution in [0.15, 0.2) is 60.8 Å². The Morgan fingerprint density at radius 2 is 2.00 bits per heavy atom. The molecule has 0 N–H and O–H groups in total. The van der Waals surface area contributed by atoms with Gasteiger partial charge in [0, 0.05) is 12.7 Å². The molecule has 2 heterocycles. The van der Waals surface area contributed by atoms with Gasteiger partial charge in [-0.1, -0.05) is 41.7 Å². The smallest absolute Gasteiger partial charge is 0.278 e. The van der Waals surface area contributed by atoms with Crippen molar-refractivity contribution in [1.82, 2.24) is 14.8 Å². The largest absolute Gasteiger partial charge is 0.497 e. The van der Waals surface area contributed by atoms with Crippen LogP contribution in [0, 0.1) is 0 Å². The fraction of sp³-hybridized carbons (Fsp3) is 0.190. The van der Waals surface area contributed by atoms with Crippen LogP contribution in [0.4, 0.5) is 5.13 Å². The number of anilines is 1. The predicted molar refractivity (Wildman–Crippen MR) is 111 cm³/mol. The Balaban J connectivity index is 1.77. The highest BCUT2D eigenvalue weighted by molar-refractivity contribution is 7.22. The van der Waals surface area contributed by atoms with E-state index in [2.05, 4.69) is 5.10 Å². The third-order valence-electron chi connectivity index (χ3n) is 4.48. The summed E-state index contributed by atoms with van der Waals surface area (Å²) in [7, 11) is 1.64. The normalized spacial score (nSPS) is 10.9. The fourth-order valence-electron chi connectivity index (χ4n) is 3.03. The van der Waals surface area contributed by atoms with Crippen molar-refractivity contribution < 1.29 is 9.53 Å². The van der Waals surface area contributed by atoms with Gasteiger partial charge in [0.15, 0.2) is 5.13 Å². The Kier molecular flexibility index (Phi) is 5.08. The summed E-state index contributed by atoms with van der Waals surface area (Å²) in [5, 5.41) is 4.89. The van der Waals surface area contributed by atoms with Crippen molar-refractivity contribution in [2.75, 3.05) is 12.0 Å². The van der Waals surface area contributed by atoms with Gasteiger partial charge >= 0.3 is 0 Å². The van der Waals surface area contributed by atoms with Crippen LogP contribution in [0.25, 0.3) is 10.2 Å². The molecule has 7 heteroatoms. The van der Waals surface area contributed by atoms with E-state index in [1.54, 1.807) is 29.0 Å². The molecule has 0 spiro atoms. The lowest BCUT2D eigenvalue weighted by atomic mass is 10.2. The number of fused-ring (bicyclic) bond motifs is 1. The van der Waals surface area contributed by atoms with Crippen LogP contribution < -0.4 is 9.64 Å². The molecule has 0 radical (unpaired) electrons. The molecule has 2 aromatic heterocycles. The highest BCUT2D eigenvalue weighted by Crippen LogP contribution is 2.33. The SMILES string of the molecule is CCn1nccc1C(=O)N(Cc1ccccc1)c1nc2ccc(OC)cc2s1. The lowest BCUT2D eigenvalue weighted by Gasteiger charge is -2.20. The van der Waals surface area contributed by atoms with E-state index in [9.17, 15) is 4.79 Å². The fourth-order valence-corrected chi connectivity index (χ4v) is 4.02.